The van der Waals surface area contributed by atoms with Gasteiger partial charge in [0.05, 0.1) is 11.8 Å². The molecular weight excluding hydrogens is 369 g/mol. The average Bonchev–Trinajstić information content (AvgIpc) is 2.54. The lowest BCUT2D eigenvalue weighted by Gasteiger charge is -2.05. The van der Waals surface area contributed by atoms with Crippen LogP contribution in [0.1, 0.15) is 15.9 Å². The molecule has 0 saturated carbocycles. The van der Waals surface area contributed by atoms with E-state index in [9.17, 15) is 14.4 Å². The number of carboxylic acid groups (broad SMARTS) is 1. The predicted molar refractivity (Wildman–Crippen MR) is 94.2 cm³/mol. The Kier molecular flexibility index (Phi) is 6.10. The second-order valence-electron chi connectivity index (χ2n) is 4.70. The van der Waals surface area contributed by atoms with Crippen LogP contribution in [0.15, 0.2) is 47.6 Å². The van der Waals surface area contributed by atoms with E-state index in [-0.39, 0.29) is 16.8 Å². The highest BCUT2D eigenvalue weighted by Crippen LogP contribution is 2.22. The smallest absolute Gasteiger partial charge is 0.336 e. The van der Waals surface area contributed by atoms with Gasteiger partial charge in [0, 0.05) is 21.3 Å². The third-order valence-corrected chi connectivity index (χ3v) is 3.32. The zero-order valence-corrected chi connectivity index (χ0v) is 14.0. The molecule has 0 aliphatic carbocycles. The Morgan fingerprint density at radius 3 is 2.28 bits per heavy atom. The molecule has 0 saturated heterocycles. The van der Waals surface area contributed by atoms with Crippen LogP contribution in [0.4, 0.5) is 5.69 Å². The summed E-state index contributed by atoms with van der Waals surface area (Å²) in [6.45, 7) is 0. The summed E-state index contributed by atoms with van der Waals surface area (Å²) in [5.41, 5.74) is 2.54. The summed E-state index contributed by atoms with van der Waals surface area (Å²) in [7, 11) is 0. The molecule has 0 fully saturated rings. The summed E-state index contributed by atoms with van der Waals surface area (Å²) in [4.78, 5) is 34.5. The van der Waals surface area contributed by atoms with E-state index in [1.165, 1.54) is 30.3 Å². The number of aromatic carboxylic acids is 1. The molecule has 0 bridgehead atoms. The SMILES string of the molecule is O=C(N/N=C\c1ccccc1C(=O)O)C(=O)Nc1cc(Cl)cc(Cl)c1. The maximum absolute atomic E-state index is 11.8. The first-order chi connectivity index (χ1) is 11.9. The number of nitrogens with zero attached hydrogens (tertiary/aromatic N) is 1. The number of carbonyl (C=O) groups is 3. The lowest BCUT2D eigenvalue weighted by molar-refractivity contribution is -0.136. The number of nitrogens with one attached hydrogen (secondary N) is 2. The fourth-order valence-electron chi connectivity index (χ4n) is 1.83. The molecule has 0 spiro atoms. The van der Waals surface area contributed by atoms with Gasteiger partial charge in [0.15, 0.2) is 0 Å². The van der Waals surface area contributed by atoms with Crippen molar-refractivity contribution in [3.05, 3.63) is 63.6 Å². The van der Waals surface area contributed by atoms with Gasteiger partial charge in [0.2, 0.25) is 0 Å². The molecule has 0 heterocycles. The van der Waals surface area contributed by atoms with Crippen LogP contribution in [0.3, 0.4) is 0 Å². The van der Waals surface area contributed by atoms with Crippen molar-refractivity contribution in [2.24, 2.45) is 5.10 Å². The van der Waals surface area contributed by atoms with Crippen LogP contribution in [0, 0.1) is 0 Å². The molecule has 2 rings (SSSR count). The van der Waals surface area contributed by atoms with Crippen molar-refractivity contribution < 1.29 is 19.5 Å². The van der Waals surface area contributed by atoms with Crippen molar-refractivity contribution in [3.63, 3.8) is 0 Å². The molecule has 2 amide bonds. The van der Waals surface area contributed by atoms with E-state index < -0.39 is 17.8 Å². The molecular formula is C16H11Cl2N3O4. The molecule has 0 atom stereocenters. The first-order valence-electron chi connectivity index (χ1n) is 6.79. The van der Waals surface area contributed by atoms with Crippen LogP contribution >= 0.6 is 23.2 Å². The lowest BCUT2D eigenvalue weighted by Crippen LogP contribution is -2.32. The van der Waals surface area contributed by atoms with Crippen molar-refractivity contribution in [2.75, 3.05) is 5.32 Å². The Bertz CT molecular complexity index is 848. The molecule has 0 radical (unpaired) electrons. The lowest BCUT2D eigenvalue weighted by atomic mass is 10.1. The average molecular weight is 380 g/mol. The number of hydrogen-bond acceptors (Lipinski definition) is 4. The summed E-state index contributed by atoms with van der Waals surface area (Å²) in [6.07, 6.45) is 1.13. The van der Waals surface area contributed by atoms with Crippen LogP contribution in [0.5, 0.6) is 0 Å². The molecule has 2 aromatic rings. The molecule has 128 valence electrons. The number of hydrogen-bond donors (Lipinski definition) is 3. The Morgan fingerprint density at radius 1 is 1.00 bits per heavy atom. The molecule has 0 aliphatic heterocycles. The number of benzene rings is 2. The molecule has 3 N–H and O–H groups in total. The van der Waals surface area contributed by atoms with E-state index in [2.05, 4.69) is 10.4 Å². The number of amides is 2. The van der Waals surface area contributed by atoms with Crippen LogP contribution in [0.25, 0.3) is 0 Å². The van der Waals surface area contributed by atoms with Crippen LogP contribution in [0.2, 0.25) is 10.0 Å². The number of halogens is 2. The van der Waals surface area contributed by atoms with Crippen molar-refractivity contribution >= 4 is 52.9 Å². The number of carboxylic acids is 1. The van der Waals surface area contributed by atoms with Crippen molar-refractivity contribution in [1.29, 1.82) is 0 Å². The van der Waals surface area contributed by atoms with Gasteiger partial charge in [0.1, 0.15) is 0 Å². The van der Waals surface area contributed by atoms with Crippen LogP contribution < -0.4 is 10.7 Å². The standard InChI is InChI=1S/C16H11Cl2N3O4/c17-10-5-11(18)7-12(6-10)20-14(22)15(23)21-19-8-9-3-1-2-4-13(9)16(24)25/h1-8H,(H,20,22)(H,21,23)(H,24,25)/b19-8-. The minimum Gasteiger partial charge on any atom is -0.478 e. The van der Waals surface area contributed by atoms with Gasteiger partial charge in [-0.15, -0.1) is 0 Å². The summed E-state index contributed by atoms with van der Waals surface area (Å²) in [5, 5.41) is 15.5. The number of hydrazone groups is 1. The van der Waals surface area contributed by atoms with Gasteiger partial charge in [-0.1, -0.05) is 41.4 Å². The van der Waals surface area contributed by atoms with Gasteiger partial charge in [-0.2, -0.15) is 5.10 Å². The maximum Gasteiger partial charge on any atom is 0.336 e. The molecule has 9 heteroatoms. The Hall–Kier alpha value is -2.90. The maximum atomic E-state index is 11.8. The highest BCUT2D eigenvalue weighted by Gasteiger charge is 2.14. The number of carbonyl (C=O) groups excluding carboxylic acids is 2. The van der Waals surface area contributed by atoms with Crippen molar-refractivity contribution in [2.45, 2.75) is 0 Å². The van der Waals surface area contributed by atoms with Crippen LogP contribution in [-0.2, 0) is 9.59 Å². The van der Waals surface area contributed by atoms with Gasteiger partial charge < -0.3 is 10.4 Å². The quantitative estimate of drug-likeness (QED) is 0.431. The Labute approximate surface area is 152 Å². The highest BCUT2D eigenvalue weighted by atomic mass is 35.5. The summed E-state index contributed by atoms with van der Waals surface area (Å²) in [6, 6.07) is 10.4. The van der Waals surface area contributed by atoms with Gasteiger partial charge in [0.25, 0.3) is 0 Å². The van der Waals surface area contributed by atoms with E-state index in [0.29, 0.717) is 10.0 Å². The van der Waals surface area contributed by atoms with Crippen molar-refractivity contribution in [1.82, 2.24) is 5.43 Å². The normalized spacial score (nSPS) is 10.5. The third kappa shape index (κ3) is 5.30. The predicted octanol–water partition coefficient (Wildman–Crippen LogP) is 2.78. The largest absolute Gasteiger partial charge is 0.478 e. The van der Waals surface area contributed by atoms with Crippen molar-refractivity contribution in [3.8, 4) is 0 Å². The van der Waals surface area contributed by atoms with Gasteiger partial charge in [-0.25, -0.2) is 10.2 Å². The first kappa shape index (κ1) is 18.4. The minimum absolute atomic E-state index is 0.0125. The first-order valence-corrected chi connectivity index (χ1v) is 7.55. The highest BCUT2D eigenvalue weighted by molar-refractivity contribution is 6.40. The third-order valence-electron chi connectivity index (χ3n) is 2.89. The Morgan fingerprint density at radius 2 is 1.64 bits per heavy atom. The monoisotopic (exact) mass is 379 g/mol. The van der Waals surface area contributed by atoms with Gasteiger partial charge in [-0.05, 0) is 24.3 Å². The summed E-state index contributed by atoms with van der Waals surface area (Å²) in [5.74, 6) is -3.16. The molecule has 0 aliphatic rings. The second-order valence-corrected chi connectivity index (χ2v) is 5.58. The second kappa shape index (κ2) is 8.27. The molecule has 0 unspecified atom stereocenters. The Balaban J connectivity index is 2.00. The van der Waals surface area contributed by atoms with E-state index in [4.69, 9.17) is 28.3 Å². The van der Waals surface area contributed by atoms with E-state index in [1.54, 1.807) is 12.1 Å². The number of rotatable bonds is 4. The zero-order valence-electron chi connectivity index (χ0n) is 12.5. The topological polar surface area (TPSA) is 108 Å². The van der Waals surface area contributed by atoms with Gasteiger partial charge in [-0.3, -0.25) is 9.59 Å². The van der Waals surface area contributed by atoms with E-state index in [1.807, 2.05) is 5.43 Å². The fraction of sp³-hybridized carbons (Fsp3) is 0. The molecule has 2 aromatic carbocycles. The zero-order chi connectivity index (χ0) is 18.4. The minimum atomic E-state index is -1.14. The number of anilines is 1. The van der Waals surface area contributed by atoms with E-state index in [0.717, 1.165) is 6.21 Å². The molecule has 0 aromatic heterocycles. The molecule has 7 nitrogen and oxygen atoms in total. The summed E-state index contributed by atoms with van der Waals surface area (Å²) < 4.78 is 0. The fourth-order valence-corrected chi connectivity index (χ4v) is 2.36. The van der Waals surface area contributed by atoms with Crippen LogP contribution in [-0.4, -0.2) is 29.1 Å². The van der Waals surface area contributed by atoms with Gasteiger partial charge >= 0.3 is 17.8 Å². The summed E-state index contributed by atoms with van der Waals surface area (Å²) >= 11 is 11.6. The van der Waals surface area contributed by atoms with E-state index >= 15 is 0 Å². The molecule has 25 heavy (non-hydrogen) atoms.